The average molecular weight is 310 g/mol. The monoisotopic (exact) mass is 310 g/mol. The van der Waals surface area contributed by atoms with Crippen LogP contribution < -0.4 is 9.80 Å². The van der Waals surface area contributed by atoms with Crippen molar-refractivity contribution in [2.24, 2.45) is 0 Å². The molecule has 0 N–H and O–H groups in total. The zero-order chi connectivity index (χ0) is 16.4. The molecule has 0 radical (unpaired) electrons. The summed E-state index contributed by atoms with van der Waals surface area (Å²) in [6, 6.07) is 8.95. The molecular formula is C21H30N2. The Balaban J connectivity index is 2.24. The van der Waals surface area contributed by atoms with E-state index in [-0.39, 0.29) is 0 Å². The van der Waals surface area contributed by atoms with Crippen LogP contribution in [0.15, 0.2) is 24.3 Å². The van der Waals surface area contributed by atoms with E-state index < -0.39 is 0 Å². The molecule has 1 aliphatic heterocycles. The lowest BCUT2D eigenvalue weighted by Crippen LogP contribution is -2.23. The summed E-state index contributed by atoms with van der Waals surface area (Å²) in [5, 5.41) is 2.80. The number of benzene rings is 2. The Morgan fingerprint density at radius 3 is 1.48 bits per heavy atom. The molecule has 1 aliphatic rings. The summed E-state index contributed by atoms with van der Waals surface area (Å²) in [6.07, 6.45) is 6.65. The molecule has 0 spiro atoms. The van der Waals surface area contributed by atoms with Crippen LogP contribution in [-0.2, 0) is 0 Å². The number of hydrogen-bond acceptors (Lipinski definition) is 2. The van der Waals surface area contributed by atoms with Crippen LogP contribution in [0.4, 0.5) is 11.4 Å². The van der Waals surface area contributed by atoms with E-state index in [0.29, 0.717) is 0 Å². The Bertz CT molecular complexity index is 631. The molecular weight excluding hydrogens is 280 g/mol. The van der Waals surface area contributed by atoms with E-state index in [0.717, 1.165) is 13.1 Å². The molecule has 0 saturated carbocycles. The summed E-state index contributed by atoms with van der Waals surface area (Å²) in [5.74, 6) is 0. The molecule has 2 heteroatoms. The van der Waals surface area contributed by atoms with E-state index in [1.54, 1.807) is 0 Å². The average Bonchev–Trinajstić information content (AvgIpc) is 2.55. The van der Waals surface area contributed by atoms with Crippen molar-refractivity contribution in [1.29, 1.82) is 0 Å². The molecule has 0 unspecified atom stereocenters. The molecule has 3 rings (SSSR count). The van der Waals surface area contributed by atoms with Crippen LogP contribution in [0, 0.1) is 13.8 Å². The third-order valence-corrected chi connectivity index (χ3v) is 5.46. The Kier molecular flexibility index (Phi) is 4.79. The molecule has 0 atom stereocenters. The highest BCUT2D eigenvalue weighted by molar-refractivity contribution is 6.05. The van der Waals surface area contributed by atoms with Crippen molar-refractivity contribution in [3.05, 3.63) is 35.4 Å². The maximum absolute atomic E-state index is 2.48. The largest absolute Gasteiger partial charge is 0.374 e. The minimum Gasteiger partial charge on any atom is -0.374 e. The molecule has 0 fully saturated rings. The molecule has 0 saturated heterocycles. The van der Waals surface area contributed by atoms with Gasteiger partial charge in [-0.15, -0.1) is 0 Å². The highest BCUT2D eigenvalue weighted by Gasteiger charge is 2.19. The Hall–Kier alpha value is -1.70. The highest BCUT2D eigenvalue weighted by Crippen LogP contribution is 2.40. The minimum absolute atomic E-state index is 1.15. The standard InChI is InChI=1S/C21H30N2/c1-16-17(2)21-19-13-9-8-12-18(19)20(16)22(3)14-10-6-5-7-11-15-23(21)4/h8-9,12-13H,5-7,10-11,14-15H2,1-4H3. The van der Waals surface area contributed by atoms with Gasteiger partial charge in [-0.2, -0.15) is 0 Å². The fourth-order valence-corrected chi connectivity index (χ4v) is 4.09. The normalized spacial score (nSPS) is 17.0. The van der Waals surface area contributed by atoms with Crippen molar-refractivity contribution in [3.8, 4) is 0 Å². The van der Waals surface area contributed by atoms with Crippen LogP contribution >= 0.6 is 0 Å². The number of nitrogens with zero attached hydrogens (tertiary/aromatic N) is 2. The van der Waals surface area contributed by atoms with Gasteiger partial charge in [-0.3, -0.25) is 0 Å². The number of anilines is 2. The summed E-state index contributed by atoms with van der Waals surface area (Å²) >= 11 is 0. The molecule has 124 valence electrons. The summed E-state index contributed by atoms with van der Waals surface area (Å²) in [7, 11) is 4.52. The lowest BCUT2D eigenvalue weighted by atomic mass is 9.95. The Morgan fingerprint density at radius 2 is 1.04 bits per heavy atom. The van der Waals surface area contributed by atoms with Crippen LogP contribution in [0.25, 0.3) is 10.8 Å². The summed E-state index contributed by atoms with van der Waals surface area (Å²) in [4.78, 5) is 4.96. The van der Waals surface area contributed by atoms with Crippen molar-refractivity contribution in [2.45, 2.75) is 46.0 Å². The van der Waals surface area contributed by atoms with Gasteiger partial charge in [-0.1, -0.05) is 43.5 Å². The lowest BCUT2D eigenvalue weighted by molar-refractivity contribution is 0.612. The number of hydrogen-bond donors (Lipinski definition) is 0. The van der Waals surface area contributed by atoms with E-state index in [1.807, 2.05) is 0 Å². The maximum Gasteiger partial charge on any atom is 0.0477 e. The van der Waals surface area contributed by atoms with Gasteiger partial charge in [0, 0.05) is 49.3 Å². The van der Waals surface area contributed by atoms with Crippen LogP contribution in [0.5, 0.6) is 0 Å². The summed E-state index contributed by atoms with van der Waals surface area (Å²) < 4.78 is 0. The van der Waals surface area contributed by atoms with Crippen molar-refractivity contribution >= 4 is 22.1 Å². The van der Waals surface area contributed by atoms with Gasteiger partial charge >= 0.3 is 0 Å². The molecule has 1 heterocycles. The molecule has 2 aromatic carbocycles. The first kappa shape index (κ1) is 16.2. The van der Waals surface area contributed by atoms with E-state index >= 15 is 0 Å². The van der Waals surface area contributed by atoms with Gasteiger partial charge in [0.15, 0.2) is 0 Å². The maximum atomic E-state index is 2.48. The SMILES string of the molecule is Cc1c(C)c2c3ccccc3c1N(C)CCCCCCCN2C. The van der Waals surface area contributed by atoms with Crippen LogP contribution in [0.1, 0.15) is 43.2 Å². The summed E-state index contributed by atoms with van der Waals surface area (Å²) in [6.45, 7) is 6.90. The molecule has 0 aliphatic carbocycles. The van der Waals surface area contributed by atoms with Gasteiger partial charge in [-0.05, 0) is 37.8 Å². The number of rotatable bonds is 0. The van der Waals surface area contributed by atoms with Gasteiger partial charge in [0.25, 0.3) is 0 Å². The molecule has 2 aromatic rings. The van der Waals surface area contributed by atoms with Crippen LogP contribution in [0.2, 0.25) is 0 Å². The zero-order valence-corrected chi connectivity index (χ0v) is 15.2. The molecule has 23 heavy (non-hydrogen) atoms. The first-order valence-corrected chi connectivity index (χ1v) is 9.05. The van der Waals surface area contributed by atoms with Crippen molar-refractivity contribution in [3.63, 3.8) is 0 Å². The fraction of sp³-hybridized carbons (Fsp3) is 0.524. The molecule has 2 bridgehead atoms. The van der Waals surface area contributed by atoms with Crippen molar-refractivity contribution in [1.82, 2.24) is 0 Å². The third kappa shape index (κ3) is 3.04. The first-order valence-electron chi connectivity index (χ1n) is 9.05. The van der Waals surface area contributed by atoms with E-state index in [4.69, 9.17) is 0 Å². The molecule has 0 amide bonds. The van der Waals surface area contributed by atoms with Crippen molar-refractivity contribution in [2.75, 3.05) is 37.0 Å². The minimum atomic E-state index is 1.15. The van der Waals surface area contributed by atoms with Gasteiger partial charge in [0.1, 0.15) is 0 Å². The second kappa shape index (κ2) is 6.82. The molecule has 0 aromatic heterocycles. The smallest absolute Gasteiger partial charge is 0.0477 e. The quantitative estimate of drug-likeness (QED) is 0.652. The molecule has 2 nitrogen and oxygen atoms in total. The first-order chi connectivity index (χ1) is 11.1. The van der Waals surface area contributed by atoms with Crippen LogP contribution in [-0.4, -0.2) is 27.2 Å². The summed E-state index contributed by atoms with van der Waals surface area (Å²) in [5.41, 5.74) is 5.73. The van der Waals surface area contributed by atoms with Gasteiger partial charge in [-0.25, -0.2) is 0 Å². The van der Waals surface area contributed by atoms with Crippen LogP contribution in [0.3, 0.4) is 0 Å². The third-order valence-electron chi connectivity index (χ3n) is 5.46. The zero-order valence-electron chi connectivity index (χ0n) is 15.2. The van der Waals surface area contributed by atoms with E-state index in [9.17, 15) is 0 Å². The predicted octanol–water partition coefficient (Wildman–Crippen LogP) is 5.29. The van der Waals surface area contributed by atoms with Crippen molar-refractivity contribution < 1.29 is 0 Å². The lowest BCUT2D eigenvalue weighted by Gasteiger charge is -2.29. The van der Waals surface area contributed by atoms with Gasteiger partial charge < -0.3 is 9.80 Å². The topological polar surface area (TPSA) is 6.48 Å². The van der Waals surface area contributed by atoms with E-state index in [1.165, 1.54) is 65.4 Å². The Morgan fingerprint density at radius 1 is 0.652 bits per heavy atom. The highest BCUT2D eigenvalue weighted by atomic mass is 15.1. The Labute approximate surface area is 141 Å². The predicted molar refractivity (Wildman–Crippen MR) is 103 cm³/mol. The second-order valence-corrected chi connectivity index (χ2v) is 7.10. The van der Waals surface area contributed by atoms with Gasteiger partial charge in [0.05, 0.1) is 0 Å². The van der Waals surface area contributed by atoms with Gasteiger partial charge in [0.2, 0.25) is 0 Å². The second-order valence-electron chi connectivity index (χ2n) is 7.10. The fourth-order valence-electron chi connectivity index (χ4n) is 4.09. The van der Waals surface area contributed by atoms with E-state index in [2.05, 4.69) is 62.0 Å².